The first-order valence-electron chi connectivity index (χ1n) is 11.7. The van der Waals surface area contributed by atoms with Crippen molar-refractivity contribution in [2.75, 3.05) is 11.1 Å². The highest BCUT2D eigenvalue weighted by Crippen LogP contribution is 2.40. The standard InChI is InChI=1S/C26H22ClN5OS3/c27-17-9-6-10-18(13-17)28-21(33)15-35-26-31-30-23-22-19-11-4-5-12-20(19)36-24(22)29-25(32(23)26)34-14-16-7-2-1-3-8-16/h1-3,6-10,13H,4-5,11-12,14-15H2,(H,28,33). The van der Waals surface area contributed by atoms with Gasteiger partial charge in [-0.1, -0.05) is 71.5 Å². The van der Waals surface area contributed by atoms with Crippen LogP contribution in [0.4, 0.5) is 5.69 Å². The molecular weight excluding hydrogens is 530 g/mol. The molecule has 182 valence electrons. The van der Waals surface area contributed by atoms with E-state index < -0.39 is 0 Å². The van der Waals surface area contributed by atoms with E-state index >= 15 is 0 Å². The number of nitrogens with zero attached hydrogens (tertiary/aromatic N) is 4. The number of amides is 1. The van der Waals surface area contributed by atoms with Crippen LogP contribution in [0.15, 0.2) is 64.9 Å². The summed E-state index contributed by atoms with van der Waals surface area (Å²) < 4.78 is 2.04. The van der Waals surface area contributed by atoms with Crippen LogP contribution in [0, 0.1) is 0 Å². The number of aryl methyl sites for hydroxylation is 2. The van der Waals surface area contributed by atoms with E-state index in [4.69, 9.17) is 16.6 Å². The summed E-state index contributed by atoms with van der Waals surface area (Å²) >= 11 is 10.9. The van der Waals surface area contributed by atoms with Gasteiger partial charge in [0.15, 0.2) is 16.0 Å². The first kappa shape index (κ1) is 23.8. The molecule has 0 saturated heterocycles. The zero-order chi connectivity index (χ0) is 24.5. The number of halogens is 1. The number of rotatable bonds is 7. The molecule has 6 nitrogen and oxygen atoms in total. The number of hydrogen-bond donors (Lipinski definition) is 1. The lowest BCUT2D eigenvalue weighted by Crippen LogP contribution is -2.14. The third kappa shape index (κ3) is 4.85. The predicted molar refractivity (Wildman–Crippen MR) is 150 cm³/mol. The van der Waals surface area contributed by atoms with Gasteiger partial charge < -0.3 is 5.32 Å². The lowest BCUT2D eigenvalue weighted by atomic mass is 9.97. The quantitative estimate of drug-likeness (QED) is 0.175. The maximum Gasteiger partial charge on any atom is 0.234 e. The first-order chi connectivity index (χ1) is 17.7. The molecule has 0 atom stereocenters. The van der Waals surface area contributed by atoms with E-state index in [1.54, 1.807) is 35.2 Å². The maximum atomic E-state index is 12.7. The minimum absolute atomic E-state index is 0.126. The Hall–Kier alpha value is -2.59. The Kier molecular flexibility index (Phi) is 6.88. The van der Waals surface area contributed by atoms with Crippen LogP contribution in [-0.4, -0.2) is 31.2 Å². The Balaban J connectivity index is 1.33. The molecule has 36 heavy (non-hydrogen) atoms. The third-order valence-electron chi connectivity index (χ3n) is 6.05. The summed E-state index contributed by atoms with van der Waals surface area (Å²) in [6, 6.07) is 17.5. The summed E-state index contributed by atoms with van der Waals surface area (Å²) in [4.78, 5) is 20.2. The van der Waals surface area contributed by atoms with E-state index in [0.29, 0.717) is 15.9 Å². The van der Waals surface area contributed by atoms with Gasteiger partial charge in [-0.25, -0.2) is 9.38 Å². The highest BCUT2D eigenvalue weighted by Gasteiger charge is 2.24. The number of carbonyl (C=O) groups excluding carboxylic acids is 1. The van der Waals surface area contributed by atoms with E-state index in [2.05, 4.69) is 27.6 Å². The van der Waals surface area contributed by atoms with Crippen molar-refractivity contribution in [1.82, 2.24) is 19.6 Å². The fourth-order valence-electron chi connectivity index (χ4n) is 4.41. The molecule has 0 radical (unpaired) electrons. The van der Waals surface area contributed by atoms with Crippen molar-refractivity contribution in [3.8, 4) is 0 Å². The molecule has 0 fully saturated rings. The number of hydrogen-bond acceptors (Lipinski definition) is 7. The Morgan fingerprint density at radius 3 is 2.75 bits per heavy atom. The van der Waals surface area contributed by atoms with Gasteiger partial charge in [-0.3, -0.25) is 4.79 Å². The molecule has 1 N–H and O–H groups in total. The molecule has 0 spiro atoms. The van der Waals surface area contributed by atoms with Crippen LogP contribution in [0.5, 0.6) is 0 Å². The number of carbonyl (C=O) groups is 1. The van der Waals surface area contributed by atoms with Crippen LogP contribution in [0.1, 0.15) is 28.8 Å². The Labute approximate surface area is 225 Å². The Morgan fingerprint density at radius 1 is 1.03 bits per heavy atom. The monoisotopic (exact) mass is 551 g/mol. The van der Waals surface area contributed by atoms with E-state index in [-0.39, 0.29) is 11.7 Å². The summed E-state index contributed by atoms with van der Waals surface area (Å²) in [6.45, 7) is 0. The highest BCUT2D eigenvalue weighted by molar-refractivity contribution is 8.00. The van der Waals surface area contributed by atoms with Gasteiger partial charge >= 0.3 is 0 Å². The molecule has 10 heteroatoms. The summed E-state index contributed by atoms with van der Waals surface area (Å²) in [7, 11) is 0. The fourth-order valence-corrected chi connectivity index (χ4v) is 7.65. The summed E-state index contributed by atoms with van der Waals surface area (Å²) in [6.07, 6.45) is 4.57. The van der Waals surface area contributed by atoms with Gasteiger partial charge in [-0.15, -0.1) is 21.5 Å². The van der Waals surface area contributed by atoms with E-state index in [0.717, 1.165) is 39.6 Å². The number of nitrogens with one attached hydrogen (secondary N) is 1. The molecule has 0 saturated carbocycles. The highest BCUT2D eigenvalue weighted by atomic mass is 35.5. The van der Waals surface area contributed by atoms with Gasteiger partial charge in [-0.2, -0.15) is 0 Å². The number of benzene rings is 2. The predicted octanol–water partition coefficient (Wildman–Crippen LogP) is 6.89. The SMILES string of the molecule is O=C(CSc1nnc2c3c4c(sc3nc(SCc3ccccc3)n12)CCCC4)Nc1cccc(Cl)c1. The molecule has 3 heterocycles. The number of anilines is 1. The van der Waals surface area contributed by atoms with Gasteiger partial charge in [0, 0.05) is 21.3 Å². The largest absolute Gasteiger partial charge is 0.325 e. The van der Waals surface area contributed by atoms with Crippen LogP contribution in [0.25, 0.3) is 15.9 Å². The van der Waals surface area contributed by atoms with Crippen molar-refractivity contribution in [2.24, 2.45) is 0 Å². The number of fused-ring (bicyclic) bond motifs is 5. The second-order valence-corrected chi connectivity index (χ2v) is 12.0. The summed E-state index contributed by atoms with van der Waals surface area (Å²) in [5, 5.41) is 15.3. The van der Waals surface area contributed by atoms with Crippen molar-refractivity contribution in [1.29, 1.82) is 0 Å². The lowest BCUT2D eigenvalue weighted by Gasteiger charge is -2.11. The molecule has 1 amide bonds. The van der Waals surface area contributed by atoms with Gasteiger partial charge in [-0.05, 0) is 55.0 Å². The zero-order valence-corrected chi connectivity index (χ0v) is 22.4. The molecule has 0 bridgehead atoms. The molecular formula is C26H22ClN5OS3. The number of aromatic nitrogens is 4. The fraction of sp³-hybridized carbons (Fsp3) is 0.231. The number of thiophene rings is 1. The maximum absolute atomic E-state index is 12.7. The smallest absolute Gasteiger partial charge is 0.234 e. The van der Waals surface area contributed by atoms with Crippen LogP contribution in [0.2, 0.25) is 5.02 Å². The second kappa shape index (κ2) is 10.4. The summed E-state index contributed by atoms with van der Waals surface area (Å²) in [5.41, 5.74) is 4.12. The van der Waals surface area contributed by atoms with Crippen molar-refractivity contribution in [2.45, 2.75) is 41.7 Å². The Morgan fingerprint density at radius 2 is 1.89 bits per heavy atom. The van der Waals surface area contributed by atoms with E-state index in [9.17, 15) is 4.79 Å². The van der Waals surface area contributed by atoms with Crippen molar-refractivity contribution in [3.63, 3.8) is 0 Å². The average Bonchev–Trinajstić information content (AvgIpc) is 3.48. The third-order valence-corrected chi connectivity index (χ3v) is 9.41. The molecule has 0 unspecified atom stereocenters. The van der Waals surface area contributed by atoms with Crippen LogP contribution in [-0.2, 0) is 23.4 Å². The normalized spacial score (nSPS) is 13.2. The van der Waals surface area contributed by atoms with Gasteiger partial charge in [0.25, 0.3) is 0 Å². The van der Waals surface area contributed by atoms with Crippen molar-refractivity contribution in [3.05, 3.63) is 75.6 Å². The second-order valence-electron chi connectivity index (χ2n) is 8.55. The molecule has 0 aliphatic heterocycles. The van der Waals surface area contributed by atoms with Crippen LogP contribution >= 0.6 is 46.5 Å². The minimum atomic E-state index is -0.126. The summed E-state index contributed by atoms with van der Waals surface area (Å²) in [5.74, 6) is 0.868. The molecule has 3 aromatic heterocycles. The molecule has 6 rings (SSSR count). The van der Waals surface area contributed by atoms with E-state index in [1.807, 2.05) is 34.7 Å². The molecule has 2 aromatic carbocycles. The number of thioether (sulfide) groups is 2. The van der Waals surface area contributed by atoms with Crippen molar-refractivity contribution < 1.29 is 4.79 Å². The zero-order valence-electron chi connectivity index (χ0n) is 19.2. The topological polar surface area (TPSA) is 72.2 Å². The van der Waals surface area contributed by atoms with Gasteiger partial charge in [0.05, 0.1) is 11.1 Å². The average molecular weight is 552 g/mol. The van der Waals surface area contributed by atoms with Gasteiger partial charge in [0.1, 0.15) is 4.83 Å². The minimum Gasteiger partial charge on any atom is -0.325 e. The van der Waals surface area contributed by atoms with E-state index in [1.165, 1.54) is 40.6 Å². The molecule has 1 aliphatic rings. The Bertz CT molecular complexity index is 1570. The lowest BCUT2D eigenvalue weighted by molar-refractivity contribution is -0.113. The van der Waals surface area contributed by atoms with Gasteiger partial charge in [0.2, 0.25) is 5.91 Å². The van der Waals surface area contributed by atoms with Crippen LogP contribution in [0.3, 0.4) is 0 Å². The molecule has 1 aliphatic carbocycles. The first-order valence-corrected chi connectivity index (χ1v) is 14.9. The van der Waals surface area contributed by atoms with Crippen molar-refractivity contribution >= 4 is 73.9 Å². The molecule has 5 aromatic rings. The van der Waals surface area contributed by atoms with Crippen LogP contribution < -0.4 is 5.32 Å².